The van der Waals surface area contributed by atoms with Crippen molar-refractivity contribution >= 4 is 21.3 Å². The number of aromatic nitrogens is 1. The predicted octanol–water partition coefficient (Wildman–Crippen LogP) is 3.41. The van der Waals surface area contributed by atoms with Crippen molar-refractivity contribution in [3.8, 4) is 17.0 Å². The number of ether oxygens (including phenoxy) is 1. The molecule has 132 valence electrons. The third-order valence-electron chi connectivity index (χ3n) is 4.83. The van der Waals surface area contributed by atoms with E-state index in [4.69, 9.17) is 4.74 Å². The van der Waals surface area contributed by atoms with E-state index in [0.29, 0.717) is 0 Å². The van der Waals surface area contributed by atoms with E-state index in [0.717, 1.165) is 35.5 Å². The molecule has 0 aliphatic carbocycles. The normalized spacial score (nSPS) is 15.3. The fourth-order valence-corrected chi connectivity index (χ4v) is 4.04. The molecular weight excluding hydrogens is 371 g/mol. The molecule has 0 saturated carbocycles. The van der Waals surface area contributed by atoms with Crippen LogP contribution >= 0.6 is 0 Å². The zero-order chi connectivity index (χ0) is 17.6. The number of likely N-dealkylation sites (tertiary alicyclic amines) is 1. The summed E-state index contributed by atoms with van der Waals surface area (Å²) in [6, 6.07) is 10.4. The van der Waals surface area contributed by atoms with Crippen LogP contribution in [0.4, 0.5) is 0 Å². The molecule has 2 radical (unpaired) electrons. The first kappa shape index (κ1) is 18.5. The Balaban J connectivity index is 1.60. The van der Waals surface area contributed by atoms with Gasteiger partial charge < -0.3 is 0 Å². The van der Waals surface area contributed by atoms with Crippen LogP contribution in [0.2, 0.25) is 0 Å². The molecular formula is C21H27AsN2O. The molecule has 3 rings (SSSR count). The summed E-state index contributed by atoms with van der Waals surface area (Å²) in [5.41, 5.74) is 4.69. The van der Waals surface area contributed by atoms with Crippen LogP contribution < -0.4 is 9.22 Å². The van der Waals surface area contributed by atoms with Crippen LogP contribution in [0.25, 0.3) is 11.3 Å². The fourth-order valence-electron chi connectivity index (χ4n) is 3.63. The van der Waals surface area contributed by atoms with Gasteiger partial charge in [-0.15, -0.1) is 0 Å². The van der Waals surface area contributed by atoms with Gasteiger partial charge in [-0.1, -0.05) is 6.42 Å². The summed E-state index contributed by atoms with van der Waals surface area (Å²) in [7, 11) is 0. The number of piperidine rings is 1. The van der Waals surface area contributed by atoms with Gasteiger partial charge in [-0.2, -0.15) is 0 Å². The summed E-state index contributed by atoms with van der Waals surface area (Å²) in [5, 5.41) is 0. The van der Waals surface area contributed by atoms with Crippen molar-refractivity contribution in [3.63, 3.8) is 0 Å². The molecule has 0 atom stereocenters. The van der Waals surface area contributed by atoms with Crippen molar-refractivity contribution in [2.45, 2.75) is 39.5 Å². The van der Waals surface area contributed by atoms with E-state index in [1.807, 2.05) is 6.07 Å². The van der Waals surface area contributed by atoms with Gasteiger partial charge in [0.1, 0.15) is 0 Å². The minimum absolute atomic E-state index is 0.787. The number of nitrogens with zero attached hydrogens (tertiary/aromatic N) is 2. The topological polar surface area (TPSA) is 25.4 Å². The second-order valence-electron chi connectivity index (χ2n) is 6.92. The Bertz CT molecular complexity index is 688. The molecule has 0 amide bonds. The summed E-state index contributed by atoms with van der Waals surface area (Å²) >= 11 is 2.51. The van der Waals surface area contributed by atoms with Crippen molar-refractivity contribution in [1.82, 2.24) is 9.88 Å². The Kier molecular flexibility index (Phi) is 6.56. The predicted molar refractivity (Wildman–Crippen MR) is 105 cm³/mol. The summed E-state index contributed by atoms with van der Waals surface area (Å²) in [5.74, 6) is 0.973. The first-order chi connectivity index (χ1) is 12.1. The summed E-state index contributed by atoms with van der Waals surface area (Å²) in [6.07, 6.45) is 5.20. The first-order valence-electron chi connectivity index (χ1n) is 9.26. The summed E-state index contributed by atoms with van der Waals surface area (Å²) < 4.78 is 7.01. The first-order valence-corrected chi connectivity index (χ1v) is 10.2. The molecule has 1 fully saturated rings. The van der Waals surface area contributed by atoms with Crippen LogP contribution in [0.3, 0.4) is 0 Å². The Hall–Kier alpha value is -1.31. The summed E-state index contributed by atoms with van der Waals surface area (Å²) in [4.78, 5) is 7.21. The number of hydrogen-bond acceptors (Lipinski definition) is 3. The molecule has 2 aromatic rings. The average molecular weight is 398 g/mol. The van der Waals surface area contributed by atoms with E-state index in [1.54, 1.807) is 0 Å². The molecule has 3 nitrogen and oxygen atoms in total. The van der Waals surface area contributed by atoms with Gasteiger partial charge in [-0.05, 0) is 25.9 Å². The molecule has 2 heterocycles. The SMILES string of the molecule is Cc1cc(OCCCN2CCCCC2)cc(C)c1-c1cccc([As])n1. The number of benzene rings is 1. The second kappa shape index (κ2) is 8.87. The number of aryl methyl sites for hydroxylation is 2. The van der Waals surface area contributed by atoms with Crippen LogP contribution in [0, 0.1) is 13.8 Å². The molecule has 1 aromatic carbocycles. The van der Waals surface area contributed by atoms with Gasteiger partial charge in [0.05, 0.1) is 0 Å². The zero-order valence-corrected chi connectivity index (χ0v) is 17.2. The van der Waals surface area contributed by atoms with Crippen LogP contribution in [-0.2, 0) is 0 Å². The van der Waals surface area contributed by atoms with Gasteiger partial charge >= 0.3 is 128 Å². The molecule has 1 aromatic heterocycles. The molecule has 1 saturated heterocycles. The van der Waals surface area contributed by atoms with Crippen molar-refractivity contribution in [2.24, 2.45) is 0 Å². The minimum atomic E-state index is 0.787. The molecule has 0 bridgehead atoms. The van der Waals surface area contributed by atoms with Gasteiger partial charge in [-0.25, -0.2) is 0 Å². The van der Waals surface area contributed by atoms with Gasteiger partial charge in [0.2, 0.25) is 0 Å². The Morgan fingerprint density at radius 3 is 2.48 bits per heavy atom. The van der Waals surface area contributed by atoms with E-state index in [-0.39, 0.29) is 0 Å². The standard InChI is InChI=1S/C21H27AsN2O/c1-16-14-18(25-13-7-12-24-10-4-3-5-11-24)15-17(2)21(16)19-8-6-9-20(22)23-19/h6,8-9,14-15H,3-5,7,10-13H2,1-2H3. The molecule has 4 heteroatoms. The molecule has 25 heavy (non-hydrogen) atoms. The van der Waals surface area contributed by atoms with Crippen LogP contribution in [-0.4, -0.2) is 53.0 Å². The Labute approximate surface area is 160 Å². The third-order valence-corrected chi connectivity index (χ3v) is 5.36. The number of hydrogen-bond donors (Lipinski definition) is 0. The molecule has 1 aliphatic rings. The van der Waals surface area contributed by atoms with Gasteiger partial charge in [0, 0.05) is 0 Å². The zero-order valence-electron chi connectivity index (χ0n) is 15.3. The quantitative estimate of drug-likeness (QED) is 0.551. The average Bonchev–Trinajstić information content (AvgIpc) is 2.59. The van der Waals surface area contributed by atoms with Crippen LogP contribution in [0.1, 0.15) is 36.8 Å². The van der Waals surface area contributed by atoms with Crippen LogP contribution in [0.15, 0.2) is 30.3 Å². The fraction of sp³-hybridized carbons (Fsp3) is 0.476. The maximum absolute atomic E-state index is 6.02. The van der Waals surface area contributed by atoms with Crippen molar-refractivity contribution in [1.29, 1.82) is 0 Å². The summed E-state index contributed by atoms with van der Waals surface area (Å²) in [6.45, 7) is 8.74. The molecule has 0 unspecified atom stereocenters. The van der Waals surface area contributed by atoms with Crippen LogP contribution in [0.5, 0.6) is 5.75 Å². The second-order valence-corrected chi connectivity index (χ2v) is 7.88. The number of rotatable bonds is 6. The van der Waals surface area contributed by atoms with E-state index < -0.39 is 0 Å². The third kappa shape index (κ3) is 5.09. The number of pyridine rings is 1. The monoisotopic (exact) mass is 398 g/mol. The van der Waals surface area contributed by atoms with E-state index in [2.05, 4.69) is 64.8 Å². The molecule has 1 aliphatic heterocycles. The maximum atomic E-state index is 6.02. The van der Waals surface area contributed by atoms with Crippen molar-refractivity contribution in [2.75, 3.05) is 26.2 Å². The molecule has 0 N–H and O–H groups in total. The Morgan fingerprint density at radius 1 is 1.08 bits per heavy atom. The molecule has 0 spiro atoms. The van der Waals surface area contributed by atoms with E-state index in [1.165, 1.54) is 49.0 Å². The Morgan fingerprint density at radius 2 is 1.80 bits per heavy atom. The van der Waals surface area contributed by atoms with Gasteiger partial charge in [-0.3, -0.25) is 0 Å². The van der Waals surface area contributed by atoms with Gasteiger partial charge in [0.25, 0.3) is 0 Å². The van der Waals surface area contributed by atoms with Crippen molar-refractivity contribution in [3.05, 3.63) is 41.5 Å². The van der Waals surface area contributed by atoms with Crippen molar-refractivity contribution < 1.29 is 4.74 Å². The van der Waals surface area contributed by atoms with E-state index >= 15 is 0 Å². The van der Waals surface area contributed by atoms with Gasteiger partial charge in [0.15, 0.2) is 0 Å². The van der Waals surface area contributed by atoms with E-state index in [9.17, 15) is 0 Å².